The molecule has 2 amide bonds. The maximum atomic E-state index is 12.2. The van der Waals surface area contributed by atoms with Crippen LogP contribution < -0.4 is 16.0 Å². The number of amides is 2. The van der Waals surface area contributed by atoms with Gasteiger partial charge in [0.15, 0.2) is 0 Å². The fourth-order valence-electron chi connectivity index (χ4n) is 2.24. The van der Waals surface area contributed by atoms with Gasteiger partial charge in [0.1, 0.15) is 0 Å². The number of hydrogen-bond donors (Lipinski definition) is 3. The average molecular weight is 261 g/mol. The first-order valence-corrected chi connectivity index (χ1v) is 6.44. The Kier molecular flexibility index (Phi) is 3.85. The Balaban J connectivity index is 2.06. The molecule has 19 heavy (non-hydrogen) atoms. The first-order chi connectivity index (χ1) is 8.99. The molecule has 5 nitrogen and oxygen atoms in total. The van der Waals surface area contributed by atoms with Crippen molar-refractivity contribution in [2.75, 3.05) is 17.2 Å². The van der Waals surface area contributed by atoms with E-state index in [1.54, 1.807) is 18.2 Å². The minimum Gasteiger partial charge on any atom is -0.326 e. The minimum atomic E-state index is -0.496. The van der Waals surface area contributed by atoms with E-state index in [1.807, 2.05) is 13.0 Å². The summed E-state index contributed by atoms with van der Waals surface area (Å²) >= 11 is 0. The lowest BCUT2D eigenvalue weighted by molar-refractivity contribution is -0.121. The van der Waals surface area contributed by atoms with Crippen molar-refractivity contribution in [3.05, 3.63) is 24.3 Å². The molecule has 0 radical (unpaired) electrons. The summed E-state index contributed by atoms with van der Waals surface area (Å²) in [4.78, 5) is 23.2. The van der Waals surface area contributed by atoms with Gasteiger partial charge < -0.3 is 16.0 Å². The number of hydrogen-bond acceptors (Lipinski definition) is 3. The van der Waals surface area contributed by atoms with Gasteiger partial charge in [-0.15, -0.1) is 0 Å². The third-order valence-corrected chi connectivity index (χ3v) is 3.31. The van der Waals surface area contributed by atoms with Gasteiger partial charge in [-0.25, -0.2) is 0 Å². The normalized spacial score (nSPS) is 22.0. The predicted octanol–water partition coefficient (Wildman–Crippen LogP) is 1.73. The highest BCUT2D eigenvalue weighted by atomic mass is 16.2. The van der Waals surface area contributed by atoms with Gasteiger partial charge in [-0.2, -0.15) is 0 Å². The van der Waals surface area contributed by atoms with Gasteiger partial charge in [-0.3, -0.25) is 9.59 Å². The summed E-state index contributed by atoms with van der Waals surface area (Å²) in [5.41, 5.74) is 0.866. The molecule has 0 spiro atoms. The molecule has 1 unspecified atom stereocenters. The van der Waals surface area contributed by atoms with Crippen LogP contribution in [0.4, 0.5) is 11.4 Å². The summed E-state index contributed by atoms with van der Waals surface area (Å²) in [5, 5.41) is 8.79. The van der Waals surface area contributed by atoms with Crippen molar-refractivity contribution in [2.45, 2.75) is 32.2 Å². The van der Waals surface area contributed by atoms with E-state index in [1.165, 1.54) is 6.92 Å². The first kappa shape index (κ1) is 13.5. The van der Waals surface area contributed by atoms with Crippen molar-refractivity contribution < 1.29 is 9.59 Å². The van der Waals surface area contributed by atoms with E-state index < -0.39 is 5.54 Å². The van der Waals surface area contributed by atoms with Crippen LogP contribution >= 0.6 is 0 Å². The summed E-state index contributed by atoms with van der Waals surface area (Å²) in [6.45, 7) is 4.23. The molecule has 1 fully saturated rings. The Morgan fingerprint density at radius 1 is 1.26 bits per heavy atom. The van der Waals surface area contributed by atoms with Gasteiger partial charge in [-0.05, 0) is 44.5 Å². The standard InChI is InChI=1S/C14H19N3O2/c1-10(18)16-11-5-3-6-12(9-11)17-13(19)14(2)7-4-8-15-14/h3,5-6,9,15H,4,7-8H2,1-2H3,(H,16,18)(H,17,19). The Morgan fingerprint density at radius 3 is 2.53 bits per heavy atom. The smallest absolute Gasteiger partial charge is 0.244 e. The molecule has 5 heteroatoms. The van der Waals surface area contributed by atoms with Crippen molar-refractivity contribution in [3.63, 3.8) is 0 Å². The van der Waals surface area contributed by atoms with Gasteiger partial charge in [-0.1, -0.05) is 6.07 Å². The van der Waals surface area contributed by atoms with Gasteiger partial charge in [0.2, 0.25) is 11.8 Å². The zero-order valence-electron chi connectivity index (χ0n) is 11.2. The van der Waals surface area contributed by atoms with Crippen LogP contribution in [0.5, 0.6) is 0 Å². The molecule has 1 heterocycles. The van der Waals surface area contributed by atoms with Crippen molar-refractivity contribution in [2.24, 2.45) is 0 Å². The van der Waals surface area contributed by atoms with Crippen molar-refractivity contribution in [1.29, 1.82) is 0 Å². The van der Waals surface area contributed by atoms with Gasteiger partial charge in [0.05, 0.1) is 5.54 Å². The number of carbonyl (C=O) groups is 2. The monoisotopic (exact) mass is 261 g/mol. The molecule has 1 aromatic carbocycles. The fraction of sp³-hybridized carbons (Fsp3) is 0.429. The first-order valence-electron chi connectivity index (χ1n) is 6.44. The molecule has 2 rings (SSSR count). The zero-order chi connectivity index (χ0) is 13.9. The molecule has 3 N–H and O–H groups in total. The minimum absolute atomic E-state index is 0.0371. The second-order valence-corrected chi connectivity index (χ2v) is 5.08. The van der Waals surface area contributed by atoms with Crippen LogP contribution in [0.25, 0.3) is 0 Å². The van der Waals surface area contributed by atoms with Crippen LogP contribution in [-0.2, 0) is 9.59 Å². The van der Waals surface area contributed by atoms with Crippen molar-refractivity contribution in [3.8, 4) is 0 Å². The average Bonchev–Trinajstić information content (AvgIpc) is 2.77. The number of nitrogens with one attached hydrogen (secondary N) is 3. The third kappa shape index (κ3) is 3.32. The molecule has 0 saturated carbocycles. The van der Waals surface area contributed by atoms with Crippen LogP contribution in [0.1, 0.15) is 26.7 Å². The molecule has 0 aromatic heterocycles. The molecule has 1 aliphatic rings. The van der Waals surface area contributed by atoms with E-state index in [0.29, 0.717) is 11.4 Å². The Hall–Kier alpha value is -1.88. The van der Waals surface area contributed by atoms with Gasteiger partial charge in [0.25, 0.3) is 0 Å². The molecule has 102 valence electrons. The van der Waals surface area contributed by atoms with Crippen molar-refractivity contribution in [1.82, 2.24) is 5.32 Å². The van der Waals surface area contributed by atoms with E-state index in [0.717, 1.165) is 19.4 Å². The van der Waals surface area contributed by atoms with Crippen LogP contribution in [0, 0.1) is 0 Å². The highest BCUT2D eigenvalue weighted by Gasteiger charge is 2.35. The molecular weight excluding hydrogens is 242 g/mol. The zero-order valence-corrected chi connectivity index (χ0v) is 11.2. The highest BCUT2D eigenvalue weighted by Crippen LogP contribution is 2.22. The van der Waals surface area contributed by atoms with Crippen LogP contribution in [0.2, 0.25) is 0 Å². The molecule has 1 aliphatic heterocycles. The summed E-state index contributed by atoms with van der Waals surface area (Å²) < 4.78 is 0. The van der Waals surface area contributed by atoms with Gasteiger partial charge in [0, 0.05) is 18.3 Å². The Labute approximate surface area is 112 Å². The predicted molar refractivity (Wildman–Crippen MR) is 75.0 cm³/mol. The van der Waals surface area contributed by atoms with Gasteiger partial charge >= 0.3 is 0 Å². The van der Waals surface area contributed by atoms with Crippen LogP contribution in [0.15, 0.2) is 24.3 Å². The summed E-state index contributed by atoms with van der Waals surface area (Å²) in [5.74, 6) is -0.169. The van der Waals surface area contributed by atoms with E-state index in [4.69, 9.17) is 0 Å². The number of rotatable bonds is 3. The molecule has 1 atom stereocenters. The quantitative estimate of drug-likeness (QED) is 0.776. The lowest BCUT2D eigenvalue weighted by atomic mass is 9.99. The van der Waals surface area contributed by atoms with Crippen molar-refractivity contribution >= 4 is 23.2 Å². The molecular formula is C14H19N3O2. The lowest BCUT2D eigenvalue weighted by Crippen LogP contribution is -2.47. The third-order valence-electron chi connectivity index (χ3n) is 3.31. The highest BCUT2D eigenvalue weighted by molar-refractivity contribution is 5.98. The number of benzene rings is 1. The molecule has 1 saturated heterocycles. The number of carbonyl (C=O) groups excluding carboxylic acids is 2. The SMILES string of the molecule is CC(=O)Nc1cccc(NC(=O)C2(C)CCCN2)c1. The van der Waals surface area contributed by atoms with E-state index in [2.05, 4.69) is 16.0 Å². The summed E-state index contributed by atoms with van der Waals surface area (Å²) in [7, 11) is 0. The largest absolute Gasteiger partial charge is 0.326 e. The molecule has 0 bridgehead atoms. The van der Waals surface area contributed by atoms with E-state index >= 15 is 0 Å². The topological polar surface area (TPSA) is 70.2 Å². The molecule has 0 aliphatic carbocycles. The molecule has 1 aromatic rings. The maximum Gasteiger partial charge on any atom is 0.244 e. The summed E-state index contributed by atoms with van der Waals surface area (Å²) in [6, 6.07) is 7.14. The fourth-order valence-corrected chi connectivity index (χ4v) is 2.24. The second-order valence-electron chi connectivity index (χ2n) is 5.08. The lowest BCUT2D eigenvalue weighted by Gasteiger charge is -2.23. The van der Waals surface area contributed by atoms with E-state index in [-0.39, 0.29) is 11.8 Å². The summed E-state index contributed by atoms with van der Waals surface area (Å²) in [6.07, 6.45) is 1.85. The van der Waals surface area contributed by atoms with E-state index in [9.17, 15) is 9.59 Å². The van der Waals surface area contributed by atoms with Crippen LogP contribution in [0.3, 0.4) is 0 Å². The second kappa shape index (κ2) is 5.40. The number of anilines is 2. The Bertz CT molecular complexity index is 493. The Morgan fingerprint density at radius 2 is 1.95 bits per heavy atom. The maximum absolute atomic E-state index is 12.2. The van der Waals surface area contributed by atoms with Crippen LogP contribution in [-0.4, -0.2) is 23.9 Å².